The second-order valence-corrected chi connectivity index (χ2v) is 11.0. The van der Waals surface area contributed by atoms with Crippen LogP contribution in [-0.2, 0) is 20.7 Å². The van der Waals surface area contributed by atoms with E-state index in [2.05, 4.69) is 10.3 Å². The maximum atomic E-state index is 13.6. The van der Waals surface area contributed by atoms with Crippen molar-refractivity contribution in [3.8, 4) is 5.75 Å². The average molecular weight is 626 g/mol. The molecule has 0 fully saturated rings. The lowest BCUT2D eigenvalue weighted by Gasteiger charge is -2.13. The molecule has 0 saturated heterocycles. The Morgan fingerprint density at radius 2 is 1.66 bits per heavy atom. The van der Waals surface area contributed by atoms with E-state index in [9.17, 15) is 14.4 Å². The average Bonchev–Trinajstić information content (AvgIpc) is 3.21. The van der Waals surface area contributed by atoms with Crippen molar-refractivity contribution in [3.63, 3.8) is 0 Å². The summed E-state index contributed by atoms with van der Waals surface area (Å²) in [6.07, 6.45) is -1.70. The largest absolute Gasteiger partial charge is 0.497 e. The van der Waals surface area contributed by atoms with Crippen LogP contribution in [0.5, 0.6) is 5.75 Å². The van der Waals surface area contributed by atoms with Crippen LogP contribution in [0.1, 0.15) is 32.7 Å². The molecule has 8 nitrogen and oxygen atoms in total. The van der Waals surface area contributed by atoms with Gasteiger partial charge in [0.25, 0.3) is 18.0 Å². The third kappa shape index (κ3) is 5.57. The minimum absolute atomic E-state index is 0.227. The highest BCUT2D eigenvalue weighted by molar-refractivity contribution is 6.32. The van der Waals surface area contributed by atoms with E-state index in [0.717, 1.165) is 5.56 Å². The monoisotopic (exact) mass is 625 g/mol. The van der Waals surface area contributed by atoms with E-state index >= 15 is 0 Å². The minimum Gasteiger partial charge on any atom is -0.497 e. The highest BCUT2D eigenvalue weighted by Gasteiger charge is 2.30. The molecule has 5 aromatic rings. The number of aliphatic imine (C=N–C) groups is 1. The number of carbonyl (C=O) groups excluding carboxylic acids is 3. The third-order valence-corrected chi connectivity index (χ3v) is 7.90. The Labute approximate surface area is 262 Å². The van der Waals surface area contributed by atoms with Gasteiger partial charge in [0, 0.05) is 37.8 Å². The molecule has 220 valence electrons. The Hall–Kier alpha value is -4.92. The zero-order valence-electron chi connectivity index (χ0n) is 23.6. The molecule has 2 heterocycles. The van der Waals surface area contributed by atoms with Crippen LogP contribution in [-0.4, -0.2) is 41.4 Å². The normalized spacial score (nSPS) is 14.3. The number of esters is 1. The summed E-state index contributed by atoms with van der Waals surface area (Å²) in [5.41, 5.74) is 4.39. The number of nitrogens with one attached hydrogen (secondary N) is 1. The molecule has 1 atom stereocenters. The fraction of sp³-hybridized carbons (Fsp3) is 0.118. The number of halogens is 2. The molecule has 1 aliphatic heterocycles. The van der Waals surface area contributed by atoms with Gasteiger partial charge in [-0.15, -0.1) is 0 Å². The molecule has 1 aliphatic rings. The Morgan fingerprint density at radius 3 is 2.39 bits per heavy atom. The summed E-state index contributed by atoms with van der Waals surface area (Å²) < 4.78 is 12.7. The molecular formula is C34H25Cl2N3O5. The first kappa shape index (κ1) is 29.2. The van der Waals surface area contributed by atoms with Gasteiger partial charge in [0.2, 0.25) is 0 Å². The summed E-state index contributed by atoms with van der Waals surface area (Å²) in [4.78, 5) is 45.0. The quantitative estimate of drug-likeness (QED) is 0.208. The molecule has 0 bridgehead atoms. The number of anilines is 1. The summed E-state index contributed by atoms with van der Waals surface area (Å²) >= 11 is 12.3. The van der Waals surface area contributed by atoms with Crippen molar-refractivity contribution in [1.29, 1.82) is 0 Å². The molecule has 0 saturated carbocycles. The van der Waals surface area contributed by atoms with Crippen LogP contribution >= 0.6 is 23.2 Å². The number of amides is 1. The van der Waals surface area contributed by atoms with Crippen LogP contribution < -0.4 is 10.1 Å². The Bertz CT molecular complexity index is 1970. The number of nitrogens with zero attached hydrogens (tertiary/aromatic N) is 2. The van der Waals surface area contributed by atoms with Crippen LogP contribution in [0.2, 0.25) is 10.0 Å². The zero-order chi connectivity index (χ0) is 31.0. The number of hydrogen-bond acceptors (Lipinski definition) is 6. The summed E-state index contributed by atoms with van der Waals surface area (Å²) in [5.74, 6) is -1.04. The number of fused-ring (bicyclic) bond motifs is 2. The molecule has 10 heteroatoms. The van der Waals surface area contributed by atoms with Crippen molar-refractivity contribution >= 4 is 63.3 Å². The second kappa shape index (κ2) is 12.0. The molecule has 1 unspecified atom stereocenters. The standard InChI is InChI=1S/C34H25Cl2N3O5/c1-19-25(26-17-24(43-2)13-15-29(26)39(19)34(42)21-8-10-22(35)11-9-21)18-30(40)44-33-32(41)37-28-14-12-23(36)16-27(28)31(38-33)20-6-4-3-5-7-20/h3-17,33H,18H2,1-2H3,(H,37,41). The van der Waals surface area contributed by atoms with Crippen molar-refractivity contribution < 1.29 is 23.9 Å². The molecule has 0 radical (unpaired) electrons. The Kier molecular flexibility index (Phi) is 7.95. The van der Waals surface area contributed by atoms with Gasteiger partial charge in [-0.2, -0.15) is 0 Å². The number of carbonyl (C=O) groups is 3. The number of benzene rings is 4. The van der Waals surface area contributed by atoms with E-state index < -0.39 is 18.1 Å². The Morgan fingerprint density at radius 1 is 0.932 bits per heavy atom. The van der Waals surface area contributed by atoms with E-state index in [4.69, 9.17) is 32.7 Å². The molecule has 1 aromatic heterocycles. The van der Waals surface area contributed by atoms with E-state index in [-0.39, 0.29) is 12.3 Å². The Balaban J connectivity index is 1.36. The topological polar surface area (TPSA) is 99.0 Å². The number of methoxy groups -OCH3 is 1. The van der Waals surface area contributed by atoms with E-state index in [1.165, 1.54) is 7.11 Å². The smallest absolute Gasteiger partial charge is 0.312 e. The van der Waals surface area contributed by atoms with Gasteiger partial charge in [-0.3, -0.25) is 19.0 Å². The second-order valence-electron chi connectivity index (χ2n) is 10.1. The molecular weight excluding hydrogens is 601 g/mol. The molecule has 1 amide bonds. The van der Waals surface area contributed by atoms with Crippen LogP contribution in [0.4, 0.5) is 5.69 Å². The maximum absolute atomic E-state index is 13.6. The molecule has 6 rings (SSSR count). The van der Waals surface area contributed by atoms with Gasteiger partial charge < -0.3 is 14.8 Å². The number of aromatic nitrogens is 1. The van der Waals surface area contributed by atoms with Crippen molar-refractivity contribution in [1.82, 2.24) is 4.57 Å². The number of rotatable bonds is 6. The zero-order valence-corrected chi connectivity index (χ0v) is 25.1. The SMILES string of the molecule is COc1ccc2c(c1)c(CC(=O)OC1N=C(c3ccccc3)c3cc(Cl)ccc3NC1=O)c(C)n2C(=O)c1ccc(Cl)cc1. The fourth-order valence-electron chi connectivity index (χ4n) is 5.27. The predicted octanol–water partition coefficient (Wildman–Crippen LogP) is 6.86. The first-order valence-electron chi connectivity index (χ1n) is 13.6. The number of benzodiazepines with no additional fused rings is 1. The van der Waals surface area contributed by atoms with Crippen molar-refractivity contribution in [2.24, 2.45) is 4.99 Å². The summed E-state index contributed by atoms with van der Waals surface area (Å²) in [6, 6.07) is 26.2. The van der Waals surface area contributed by atoms with Gasteiger partial charge in [-0.25, -0.2) is 4.99 Å². The minimum atomic E-state index is -1.47. The van der Waals surface area contributed by atoms with Gasteiger partial charge in [-0.1, -0.05) is 53.5 Å². The summed E-state index contributed by atoms with van der Waals surface area (Å²) in [5, 5.41) is 4.42. The van der Waals surface area contributed by atoms with Gasteiger partial charge >= 0.3 is 5.97 Å². The molecule has 4 aromatic carbocycles. The van der Waals surface area contributed by atoms with Crippen LogP contribution in [0, 0.1) is 6.92 Å². The van der Waals surface area contributed by atoms with Crippen molar-refractivity contribution in [3.05, 3.63) is 129 Å². The maximum Gasteiger partial charge on any atom is 0.312 e. The number of ether oxygens (including phenoxy) is 2. The van der Waals surface area contributed by atoms with Gasteiger partial charge in [-0.05, 0) is 73.2 Å². The van der Waals surface area contributed by atoms with Crippen LogP contribution in [0.15, 0.2) is 96.0 Å². The van der Waals surface area contributed by atoms with Gasteiger partial charge in [0.15, 0.2) is 0 Å². The van der Waals surface area contributed by atoms with E-state index in [0.29, 0.717) is 60.5 Å². The first-order chi connectivity index (χ1) is 21.2. The van der Waals surface area contributed by atoms with Gasteiger partial charge in [0.1, 0.15) is 5.75 Å². The molecule has 44 heavy (non-hydrogen) atoms. The highest BCUT2D eigenvalue weighted by Crippen LogP contribution is 2.32. The first-order valence-corrected chi connectivity index (χ1v) is 14.4. The lowest BCUT2D eigenvalue weighted by Crippen LogP contribution is -2.31. The highest BCUT2D eigenvalue weighted by atomic mass is 35.5. The van der Waals surface area contributed by atoms with E-state index in [1.54, 1.807) is 72.2 Å². The molecule has 0 spiro atoms. The molecule has 1 N–H and O–H groups in total. The van der Waals surface area contributed by atoms with Crippen LogP contribution in [0.3, 0.4) is 0 Å². The van der Waals surface area contributed by atoms with Crippen molar-refractivity contribution in [2.45, 2.75) is 19.6 Å². The third-order valence-electron chi connectivity index (χ3n) is 7.41. The van der Waals surface area contributed by atoms with Crippen molar-refractivity contribution in [2.75, 3.05) is 12.4 Å². The lowest BCUT2D eigenvalue weighted by molar-refractivity contribution is -0.152. The number of hydrogen-bond donors (Lipinski definition) is 1. The fourth-order valence-corrected chi connectivity index (χ4v) is 5.57. The van der Waals surface area contributed by atoms with E-state index in [1.807, 2.05) is 30.3 Å². The predicted molar refractivity (Wildman–Crippen MR) is 170 cm³/mol. The van der Waals surface area contributed by atoms with Crippen LogP contribution in [0.25, 0.3) is 10.9 Å². The summed E-state index contributed by atoms with van der Waals surface area (Å²) in [6.45, 7) is 1.76. The summed E-state index contributed by atoms with van der Waals surface area (Å²) in [7, 11) is 1.54. The molecule has 0 aliphatic carbocycles. The lowest BCUT2D eigenvalue weighted by atomic mass is 10.0. The van der Waals surface area contributed by atoms with Gasteiger partial charge in [0.05, 0.1) is 30.4 Å².